The molecule has 0 saturated heterocycles. The topological polar surface area (TPSA) is 9.23 Å². The Hall–Kier alpha value is -2.81. The number of aryl methyl sites for hydroxylation is 1. The fourth-order valence-corrected chi connectivity index (χ4v) is 11.1. The Bertz CT molecular complexity index is 1220. The fraction of sp³-hybridized carbons (Fsp3) is 0.172. The molecule has 4 aromatic rings. The van der Waals surface area contributed by atoms with E-state index in [0.29, 0.717) is 17.3 Å². The van der Waals surface area contributed by atoms with Gasteiger partial charge in [0, 0.05) is 0 Å². The van der Waals surface area contributed by atoms with Crippen LogP contribution in [-0.4, -0.2) is 6.36 Å². The van der Waals surface area contributed by atoms with E-state index in [2.05, 4.69) is 41.1 Å². The number of rotatable bonds is 6. The van der Waals surface area contributed by atoms with Crippen LogP contribution in [0.15, 0.2) is 97.1 Å². The number of alkyl halides is 3. The quantitative estimate of drug-likeness (QED) is 0.240. The molecule has 0 saturated carbocycles. The van der Waals surface area contributed by atoms with Crippen molar-refractivity contribution in [2.45, 2.75) is 33.3 Å². The van der Waals surface area contributed by atoms with Crippen molar-refractivity contribution in [1.29, 1.82) is 0 Å². The third-order valence-electron chi connectivity index (χ3n) is 6.77. The summed E-state index contributed by atoms with van der Waals surface area (Å²) in [5, 5.41) is 3.01. The van der Waals surface area contributed by atoms with Crippen molar-refractivity contribution in [2.24, 2.45) is 0 Å². The molecule has 0 aliphatic heterocycles. The molecule has 1 nitrogen and oxygen atoms in total. The molecule has 0 aliphatic rings. The first-order valence-corrected chi connectivity index (χ1v) is 14.6. The van der Waals surface area contributed by atoms with E-state index in [1.807, 2.05) is 68.4 Å². The predicted molar refractivity (Wildman–Crippen MR) is 142 cm³/mol. The molecule has 0 radical (unpaired) electrons. The number of ether oxygens (including phenoxy) is 1. The Morgan fingerprint density at radius 3 is 1.46 bits per heavy atom. The molecule has 0 spiro atoms. The Labute approximate surface area is 209 Å². The van der Waals surface area contributed by atoms with E-state index in [9.17, 15) is 13.2 Å². The summed E-state index contributed by atoms with van der Waals surface area (Å²) in [6.07, 6.45) is -4.30. The van der Waals surface area contributed by atoms with Crippen molar-refractivity contribution in [2.75, 3.05) is 0 Å². The van der Waals surface area contributed by atoms with Crippen molar-refractivity contribution in [3.8, 4) is 5.75 Å². The molecule has 0 N–H and O–H groups in total. The second-order valence-corrected chi connectivity index (χ2v) is 15.3. The van der Waals surface area contributed by atoms with Crippen molar-refractivity contribution in [1.82, 2.24) is 0 Å². The summed E-state index contributed by atoms with van der Waals surface area (Å²) in [7, 11) is 0. The molecule has 4 rings (SSSR count). The van der Waals surface area contributed by atoms with E-state index in [0.717, 1.165) is 27.0 Å². The van der Waals surface area contributed by atoms with E-state index in [-0.39, 0.29) is 5.75 Å². The average Bonchev–Trinajstić information content (AvgIpc) is 2.86. The van der Waals surface area contributed by atoms with Gasteiger partial charge in [-0.25, -0.2) is 0 Å². The van der Waals surface area contributed by atoms with E-state index < -0.39 is 12.3 Å². The van der Waals surface area contributed by atoms with Crippen molar-refractivity contribution < 1.29 is 17.9 Å². The Kier molecular flexibility index (Phi) is 6.74. The standard InChI is InChI=1S/C29H27ClF3OP/c1-21-19-28(34-29(31,32)33)23(3)22(2)27(21)20-35(30,24-13-7-4-8-14-24,25-15-9-5-10-16-25)26-17-11-6-12-18-26/h4-19H,20H2,1-3H3. The zero-order valence-corrected chi connectivity index (χ0v) is 21.5. The Balaban J connectivity index is 2.05. The maximum absolute atomic E-state index is 13.0. The van der Waals surface area contributed by atoms with Crippen LogP contribution in [0.4, 0.5) is 13.2 Å². The fourth-order valence-electron chi connectivity index (χ4n) is 4.81. The van der Waals surface area contributed by atoms with Gasteiger partial charge in [0.15, 0.2) is 0 Å². The number of halogens is 4. The van der Waals surface area contributed by atoms with Crippen LogP contribution in [0.25, 0.3) is 0 Å². The van der Waals surface area contributed by atoms with Gasteiger partial charge in [0.2, 0.25) is 0 Å². The van der Waals surface area contributed by atoms with Crippen molar-refractivity contribution in [3.63, 3.8) is 0 Å². The van der Waals surface area contributed by atoms with Gasteiger partial charge in [-0.3, -0.25) is 0 Å². The Morgan fingerprint density at radius 1 is 0.686 bits per heavy atom. The summed E-state index contributed by atoms with van der Waals surface area (Å²) in [6, 6.07) is 31.6. The molecule has 0 bridgehead atoms. The van der Waals surface area contributed by atoms with Gasteiger partial charge in [0.05, 0.1) is 0 Å². The summed E-state index contributed by atoms with van der Waals surface area (Å²) in [5.74, 6) is -3.80. The van der Waals surface area contributed by atoms with Crippen LogP contribution in [0.1, 0.15) is 22.3 Å². The van der Waals surface area contributed by atoms with E-state index in [4.69, 9.17) is 11.2 Å². The van der Waals surface area contributed by atoms with Crippen LogP contribution in [0.2, 0.25) is 0 Å². The van der Waals surface area contributed by atoms with Gasteiger partial charge >= 0.3 is 209 Å². The molecule has 4 aromatic carbocycles. The molecule has 35 heavy (non-hydrogen) atoms. The first kappa shape index (κ1) is 25.3. The van der Waals surface area contributed by atoms with Crippen LogP contribution >= 0.6 is 17.2 Å². The molecule has 0 unspecified atom stereocenters. The normalized spacial score (nSPS) is 13.2. The van der Waals surface area contributed by atoms with Gasteiger partial charge in [-0.1, -0.05) is 0 Å². The van der Waals surface area contributed by atoms with Crippen LogP contribution in [-0.2, 0) is 6.16 Å². The van der Waals surface area contributed by atoms with Crippen LogP contribution in [0.3, 0.4) is 0 Å². The molecule has 0 amide bonds. The van der Waals surface area contributed by atoms with Gasteiger partial charge in [0.25, 0.3) is 0 Å². The van der Waals surface area contributed by atoms with Crippen molar-refractivity contribution >= 4 is 33.1 Å². The first-order chi connectivity index (χ1) is 16.5. The molecular weight excluding hydrogens is 488 g/mol. The SMILES string of the molecule is Cc1cc(OC(F)(F)F)c(C)c(C)c1CP(Cl)(c1ccccc1)(c1ccccc1)c1ccccc1. The molecule has 0 atom stereocenters. The van der Waals surface area contributed by atoms with Gasteiger partial charge in [-0.15, -0.1) is 0 Å². The zero-order chi connectivity index (χ0) is 25.3. The summed E-state index contributed by atoms with van der Waals surface area (Å²) >= 11 is 8.17. The first-order valence-electron chi connectivity index (χ1n) is 11.3. The van der Waals surface area contributed by atoms with Gasteiger partial charge in [-0.2, -0.15) is 0 Å². The van der Waals surface area contributed by atoms with Gasteiger partial charge in [-0.05, 0) is 0 Å². The molecule has 6 heteroatoms. The van der Waals surface area contributed by atoms with Gasteiger partial charge < -0.3 is 0 Å². The zero-order valence-electron chi connectivity index (χ0n) is 19.8. The molecule has 0 heterocycles. The third-order valence-corrected chi connectivity index (χ3v) is 13.9. The van der Waals surface area contributed by atoms with E-state index in [1.54, 1.807) is 6.92 Å². The van der Waals surface area contributed by atoms with Gasteiger partial charge in [0.1, 0.15) is 0 Å². The van der Waals surface area contributed by atoms with E-state index in [1.165, 1.54) is 6.07 Å². The maximum atomic E-state index is 13.0. The monoisotopic (exact) mass is 514 g/mol. The van der Waals surface area contributed by atoms with Crippen molar-refractivity contribution in [3.05, 3.63) is 119 Å². The molecule has 0 aromatic heterocycles. The summed E-state index contributed by atoms with van der Waals surface area (Å²) in [4.78, 5) is 0. The number of hydrogen-bond donors (Lipinski definition) is 0. The second-order valence-electron chi connectivity index (χ2n) is 8.82. The number of hydrogen-bond acceptors (Lipinski definition) is 1. The third kappa shape index (κ3) is 4.58. The second kappa shape index (κ2) is 9.33. The Morgan fingerprint density at radius 2 is 1.09 bits per heavy atom. The van der Waals surface area contributed by atoms with Crippen LogP contribution < -0.4 is 20.7 Å². The molecular formula is C29H27ClF3OP. The molecule has 182 valence electrons. The minimum atomic E-state index is -4.75. The van der Waals surface area contributed by atoms with Crippen LogP contribution in [0, 0.1) is 20.8 Å². The summed E-state index contributed by atoms with van der Waals surface area (Å²) < 4.78 is 43.5. The number of benzene rings is 4. The predicted octanol–water partition coefficient (Wildman–Crippen LogP) is 7.69. The molecule has 0 aliphatic carbocycles. The minimum absolute atomic E-state index is 0.176. The van der Waals surface area contributed by atoms with E-state index >= 15 is 0 Å². The van der Waals surface area contributed by atoms with Crippen LogP contribution in [0.5, 0.6) is 5.75 Å². The molecule has 0 fully saturated rings. The summed E-state index contributed by atoms with van der Waals surface area (Å²) in [6.45, 7) is 5.33. The summed E-state index contributed by atoms with van der Waals surface area (Å²) in [5.41, 5.74) is 2.85. The average molecular weight is 515 g/mol.